The summed E-state index contributed by atoms with van der Waals surface area (Å²) in [6, 6.07) is 2.34. The average Bonchev–Trinajstić information content (AvgIpc) is 3.25. The molecule has 1 unspecified atom stereocenters. The van der Waals surface area contributed by atoms with Gasteiger partial charge in [-0.2, -0.15) is 13.2 Å². The topological polar surface area (TPSA) is 135 Å². The lowest BCUT2D eigenvalue weighted by Crippen LogP contribution is -2.29. The van der Waals surface area contributed by atoms with Gasteiger partial charge in [0, 0.05) is 17.8 Å². The molecule has 0 aliphatic heterocycles. The Morgan fingerprint density at radius 3 is 2.59 bits per heavy atom. The summed E-state index contributed by atoms with van der Waals surface area (Å²) in [5.41, 5.74) is 5.49. The van der Waals surface area contributed by atoms with E-state index in [0.717, 1.165) is 29.5 Å². The van der Waals surface area contributed by atoms with Crippen LogP contribution in [0.4, 0.5) is 24.7 Å². The first-order chi connectivity index (χ1) is 16.0. The third kappa shape index (κ3) is 5.79. The number of alkyl halides is 3. The third-order valence-electron chi connectivity index (χ3n) is 4.55. The summed E-state index contributed by atoms with van der Waals surface area (Å²) in [7, 11) is 1.69. The Kier molecular flexibility index (Phi) is 7.69. The first kappa shape index (κ1) is 25.3. The number of nitrogens with zero attached hydrogens (tertiary/aromatic N) is 3. The fourth-order valence-corrected chi connectivity index (χ4v) is 4.01. The quantitative estimate of drug-likeness (QED) is 0.378. The standard InChI is InChI=1S/C20H19ClF3N7O2S/c1-9(30-18(33)15-11(6-26-2)16(25)29-8-28-15)19-27-7-14(34-19)17(32)31-10-3-4-12(13(21)5-10)20(22,23)24/h3-5,7-9,26H,6H2,1-2H3,(H,30,33)(H,31,32)(H2,25,28,29). The lowest BCUT2D eigenvalue weighted by molar-refractivity contribution is -0.137. The molecule has 34 heavy (non-hydrogen) atoms. The van der Waals surface area contributed by atoms with Crippen LogP contribution in [-0.4, -0.2) is 33.8 Å². The number of nitrogen functional groups attached to an aromatic ring is 1. The number of amides is 2. The molecule has 0 saturated carbocycles. The van der Waals surface area contributed by atoms with Gasteiger partial charge in [-0.25, -0.2) is 15.0 Å². The second kappa shape index (κ2) is 10.3. The second-order valence-corrected chi connectivity index (χ2v) is 8.49. The molecule has 0 spiro atoms. The summed E-state index contributed by atoms with van der Waals surface area (Å²) in [5.74, 6) is -0.899. The number of hydrogen-bond acceptors (Lipinski definition) is 8. The highest BCUT2D eigenvalue weighted by atomic mass is 35.5. The number of rotatable bonds is 7. The molecule has 1 atom stereocenters. The van der Waals surface area contributed by atoms with Gasteiger partial charge in [0.25, 0.3) is 11.8 Å². The number of halogens is 4. The van der Waals surface area contributed by atoms with E-state index in [9.17, 15) is 22.8 Å². The largest absolute Gasteiger partial charge is 0.417 e. The normalized spacial score (nSPS) is 12.3. The number of thiazole rings is 1. The number of benzene rings is 1. The number of hydrogen-bond donors (Lipinski definition) is 4. The Morgan fingerprint density at radius 2 is 1.94 bits per heavy atom. The smallest absolute Gasteiger partial charge is 0.383 e. The maximum atomic E-state index is 12.8. The predicted octanol–water partition coefficient (Wildman–Crippen LogP) is 3.65. The van der Waals surface area contributed by atoms with Gasteiger partial charge in [-0.3, -0.25) is 9.59 Å². The minimum absolute atomic E-state index is 0.0951. The molecule has 0 fully saturated rings. The summed E-state index contributed by atoms with van der Waals surface area (Å²) in [4.78, 5) is 37.5. The van der Waals surface area contributed by atoms with E-state index in [2.05, 4.69) is 30.9 Å². The van der Waals surface area contributed by atoms with Gasteiger partial charge >= 0.3 is 6.18 Å². The molecule has 5 N–H and O–H groups in total. The molecule has 3 aromatic rings. The van der Waals surface area contributed by atoms with Gasteiger partial charge < -0.3 is 21.7 Å². The first-order valence-corrected chi connectivity index (χ1v) is 10.9. The molecule has 2 heterocycles. The molecule has 180 valence electrons. The van der Waals surface area contributed by atoms with Crippen molar-refractivity contribution in [1.29, 1.82) is 0 Å². The van der Waals surface area contributed by atoms with E-state index >= 15 is 0 Å². The fraction of sp³-hybridized carbons (Fsp3) is 0.250. The summed E-state index contributed by atoms with van der Waals surface area (Å²) < 4.78 is 38.5. The number of nitrogens with one attached hydrogen (secondary N) is 3. The van der Waals surface area contributed by atoms with E-state index in [4.69, 9.17) is 17.3 Å². The summed E-state index contributed by atoms with van der Waals surface area (Å²) in [6.07, 6.45) is -2.11. The van der Waals surface area contributed by atoms with Gasteiger partial charge in [-0.05, 0) is 32.2 Å². The van der Waals surface area contributed by atoms with Crippen LogP contribution in [0.3, 0.4) is 0 Å². The van der Waals surface area contributed by atoms with Crippen LogP contribution in [0.15, 0.2) is 30.7 Å². The van der Waals surface area contributed by atoms with Gasteiger partial charge in [-0.15, -0.1) is 11.3 Å². The maximum Gasteiger partial charge on any atom is 0.417 e. The molecule has 3 rings (SSSR count). The monoisotopic (exact) mass is 513 g/mol. The highest BCUT2D eigenvalue weighted by Gasteiger charge is 2.33. The van der Waals surface area contributed by atoms with Crippen LogP contribution < -0.4 is 21.7 Å². The van der Waals surface area contributed by atoms with Crippen molar-refractivity contribution in [1.82, 2.24) is 25.6 Å². The number of anilines is 2. The van der Waals surface area contributed by atoms with Crippen molar-refractivity contribution in [3.05, 3.63) is 62.5 Å². The van der Waals surface area contributed by atoms with Crippen LogP contribution in [0.1, 0.15) is 49.3 Å². The number of nitrogens with two attached hydrogens (primary N) is 1. The average molecular weight is 514 g/mol. The van der Waals surface area contributed by atoms with E-state index in [1.165, 1.54) is 12.5 Å². The molecule has 2 aromatic heterocycles. The van der Waals surface area contributed by atoms with E-state index in [-0.39, 0.29) is 22.1 Å². The van der Waals surface area contributed by atoms with E-state index in [1.807, 2.05) is 0 Å². The van der Waals surface area contributed by atoms with Gasteiger partial charge in [0.15, 0.2) is 0 Å². The molecule has 0 aliphatic rings. The minimum Gasteiger partial charge on any atom is -0.383 e. The van der Waals surface area contributed by atoms with Crippen molar-refractivity contribution in [2.24, 2.45) is 0 Å². The van der Waals surface area contributed by atoms with Crippen molar-refractivity contribution in [3.63, 3.8) is 0 Å². The Hall–Kier alpha value is -3.29. The highest BCUT2D eigenvalue weighted by Crippen LogP contribution is 2.36. The molecule has 0 radical (unpaired) electrons. The van der Waals surface area contributed by atoms with Crippen LogP contribution >= 0.6 is 22.9 Å². The van der Waals surface area contributed by atoms with Gasteiger partial charge in [0.1, 0.15) is 27.7 Å². The maximum absolute atomic E-state index is 12.8. The molecule has 0 saturated heterocycles. The van der Waals surface area contributed by atoms with E-state index < -0.39 is 34.6 Å². The third-order valence-corrected chi connectivity index (χ3v) is 6.04. The van der Waals surface area contributed by atoms with E-state index in [1.54, 1.807) is 14.0 Å². The molecule has 14 heteroatoms. The fourth-order valence-electron chi connectivity index (χ4n) is 2.91. The van der Waals surface area contributed by atoms with Crippen molar-refractivity contribution < 1.29 is 22.8 Å². The van der Waals surface area contributed by atoms with Crippen molar-refractivity contribution in [3.8, 4) is 0 Å². The lowest BCUT2D eigenvalue weighted by atomic mass is 10.2. The molecule has 2 amide bonds. The lowest BCUT2D eigenvalue weighted by Gasteiger charge is -2.14. The Balaban J connectivity index is 1.69. The number of aromatic nitrogens is 3. The molecular formula is C20H19ClF3N7O2S. The summed E-state index contributed by atoms with van der Waals surface area (Å²) in [5, 5.41) is 8.02. The van der Waals surface area contributed by atoms with Crippen LogP contribution in [0.5, 0.6) is 0 Å². The van der Waals surface area contributed by atoms with Crippen LogP contribution in [-0.2, 0) is 12.7 Å². The molecule has 1 aromatic carbocycles. The predicted molar refractivity (Wildman–Crippen MR) is 122 cm³/mol. The number of carbonyl (C=O) groups is 2. The Labute approximate surface area is 201 Å². The molecule has 9 nitrogen and oxygen atoms in total. The Morgan fingerprint density at radius 1 is 1.21 bits per heavy atom. The summed E-state index contributed by atoms with van der Waals surface area (Å²) >= 11 is 6.70. The molecule has 0 bridgehead atoms. The highest BCUT2D eigenvalue weighted by molar-refractivity contribution is 7.13. The van der Waals surface area contributed by atoms with Crippen molar-refractivity contribution >= 4 is 46.3 Å². The zero-order valence-corrected chi connectivity index (χ0v) is 19.4. The summed E-state index contributed by atoms with van der Waals surface area (Å²) in [6.45, 7) is 1.97. The van der Waals surface area contributed by atoms with Crippen LogP contribution in [0.2, 0.25) is 5.02 Å². The zero-order valence-electron chi connectivity index (χ0n) is 17.8. The molecule has 0 aliphatic carbocycles. The zero-order chi connectivity index (χ0) is 25.0. The SMILES string of the molecule is CNCc1c(N)ncnc1C(=O)NC(C)c1ncc(C(=O)Nc2ccc(C(F)(F)F)c(Cl)c2)s1. The van der Waals surface area contributed by atoms with Crippen molar-refractivity contribution in [2.75, 3.05) is 18.1 Å². The Bertz CT molecular complexity index is 1220. The van der Waals surface area contributed by atoms with Gasteiger partial charge in [0.05, 0.1) is 22.8 Å². The van der Waals surface area contributed by atoms with Crippen LogP contribution in [0.25, 0.3) is 0 Å². The van der Waals surface area contributed by atoms with E-state index in [0.29, 0.717) is 17.1 Å². The van der Waals surface area contributed by atoms with Gasteiger partial charge in [0.2, 0.25) is 0 Å². The van der Waals surface area contributed by atoms with Crippen LogP contribution in [0, 0.1) is 0 Å². The molecular weight excluding hydrogens is 495 g/mol. The number of carbonyl (C=O) groups excluding carboxylic acids is 2. The second-order valence-electron chi connectivity index (χ2n) is 7.02. The van der Waals surface area contributed by atoms with Gasteiger partial charge in [-0.1, -0.05) is 11.6 Å². The first-order valence-electron chi connectivity index (χ1n) is 9.70. The van der Waals surface area contributed by atoms with Crippen molar-refractivity contribution in [2.45, 2.75) is 25.7 Å². The minimum atomic E-state index is -4.60.